The van der Waals surface area contributed by atoms with E-state index in [0.29, 0.717) is 0 Å². The molecule has 0 aliphatic heterocycles. The van der Waals surface area contributed by atoms with Gasteiger partial charge in [-0.15, -0.1) is 11.6 Å². The smallest absolute Gasteiger partial charge is 0.324 e. The molecule has 0 amide bonds. The van der Waals surface area contributed by atoms with Gasteiger partial charge in [0, 0.05) is 5.88 Å². The third-order valence-corrected chi connectivity index (χ3v) is 2.99. The molecule has 0 rings (SSSR count). The summed E-state index contributed by atoms with van der Waals surface area (Å²) in [6.07, 6.45) is -0.103. The minimum absolute atomic E-state index is 0.00572. The van der Waals surface area contributed by atoms with E-state index in [4.69, 9.17) is 33.0 Å². The van der Waals surface area contributed by atoms with E-state index < -0.39 is 18.5 Å². The second kappa shape index (κ2) is 4.43. The van der Waals surface area contributed by atoms with Crippen LogP contribution in [0.4, 0.5) is 0 Å². The average molecular weight is 221 g/mol. The quantitative estimate of drug-likeness (QED) is 0.420. The maximum atomic E-state index is 10.5. The lowest BCUT2D eigenvalue weighted by Gasteiger charge is -2.11. The van der Waals surface area contributed by atoms with Crippen molar-refractivity contribution in [2.24, 2.45) is 0 Å². The van der Waals surface area contributed by atoms with Crippen LogP contribution in [-0.4, -0.2) is 26.6 Å². The summed E-state index contributed by atoms with van der Waals surface area (Å²) < 4.78 is 10.5. The van der Waals surface area contributed by atoms with Crippen LogP contribution in [0, 0.1) is 0 Å². The van der Waals surface area contributed by atoms with Gasteiger partial charge in [0.1, 0.15) is 5.66 Å². The second-order valence-electron chi connectivity index (χ2n) is 1.89. The molecule has 0 saturated heterocycles. The van der Waals surface area contributed by atoms with Crippen molar-refractivity contribution in [3.8, 4) is 0 Å². The zero-order chi connectivity index (χ0) is 9.07. The van der Waals surface area contributed by atoms with Crippen LogP contribution in [0.25, 0.3) is 0 Å². The molecule has 0 heterocycles. The number of halogens is 2. The number of carbonyl (C=O) groups excluding carboxylic acids is 1. The Morgan fingerprint density at radius 3 is 2.09 bits per heavy atom. The lowest BCUT2D eigenvalue weighted by Crippen LogP contribution is -2.16. The molecule has 0 aliphatic rings. The highest BCUT2D eigenvalue weighted by atomic mass is 35.5. The van der Waals surface area contributed by atoms with Gasteiger partial charge in [0.15, 0.2) is 0 Å². The summed E-state index contributed by atoms with van der Waals surface area (Å²) >= 11 is 10.1. The van der Waals surface area contributed by atoms with E-state index in [0.717, 1.165) is 0 Å². The van der Waals surface area contributed by atoms with Gasteiger partial charge < -0.3 is 9.79 Å². The van der Waals surface area contributed by atoms with Gasteiger partial charge in [0.25, 0.3) is 0 Å². The van der Waals surface area contributed by atoms with Gasteiger partial charge in [-0.1, -0.05) is 0 Å². The number of alkyl halides is 1. The van der Waals surface area contributed by atoms with Crippen LogP contribution in [0.15, 0.2) is 0 Å². The van der Waals surface area contributed by atoms with Crippen LogP contribution in [0.5, 0.6) is 0 Å². The van der Waals surface area contributed by atoms with E-state index in [9.17, 15) is 9.36 Å². The fourth-order valence-electron chi connectivity index (χ4n) is 0.517. The predicted molar refractivity (Wildman–Crippen MR) is 42.0 cm³/mol. The third kappa shape index (κ3) is 4.09. The highest BCUT2D eigenvalue weighted by Gasteiger charge is 2.33. The normalized spacial score (nSPS) is 14.5. The SMILES string of the molecule is O=C(Cl)C(CCCl)P(=O)(O)O. The Morgan fingerprint density at radius 2 is 2.00 bits per heavy atom. The molecule has 0 aliphatic carbocycles. The molecule has 7 heteroatoms. The van der Waals surface area contributed by atoms with Crippen molar-refractivity contribution in [3.05, 3.63) is 0 Å². The lowest BCUT2D eigenvalue weighted by atomic mass is 10.4. The van der Waals surface area contributed by atoms with Gasteiger partial charge in [-0.05, 0) is 18.0 Å². The first-order chi connectivity index (χ1) is 4.89. The van der Waals surface area contributed by atoms with Crippen molar-refractivity contribution in [1.82, 2.24) is 0 Å². The van der Waals surface area contributed by atoms with E-state index in [2.05, 4.69) is 0 Å². The monoisotopic (exact) mass is 220 g/mol. The van der Waals surface area contributed by atoms with Crippen molar-refractivity contribution < 1.29 is 19.1 Å². The summed E-state index contributed by atoms with van der Waals surface area (Å²) in [6, 6.07) is 0. The average Bonchev–Trinajstić information content (AvgIpc) is 1.79. The summed E-state index contributed by atoms with van der Waals surface area (Å²) in [4.78, 5) is 27.4. The fraction of sp³-hybridized carbons (Fsp3) is 0.750. The number of rotatable bonds is 4. The van der Waals surface area contributed by atoms with E-state index in [-0.39, 0.29) is 12.3 Å². The van der Waals surface area contributed by atoms with Crippen molar-refractivity contribution in [3.63, 3.8) is 0 Å². The van der Waals surface area contributed by atoms with E-state index in [1.807, 2.05) is 0 Å². The van der Waals surface area contributed by atoms with Crippen LogP contribution >= 0.6 is 30.8 Å². The lowest BCUT2D eigenvalue weighted by molar-refractivity contribution is -0.111. The molecule has 4 nitrogen and oxygen atoms in total. The van der Waals surface area contributed by atoms with Gasteiger partial charge >= 0.3 is 7.60 Å². The molecule has 0 fully saturated rings. The number of carbonyl (C=O) groups is 1. The van der Waals surface area contributed by atoms with Crippen molar-refractivity contribution in [1.29, 1.82) is 0 Å². The molecule has 2 N–H and O–H groups in total. The second-order valence-corrected chi connectivity index (χ2v) is 4.44. The summed E-state index contributed by atoms with van der Waals surface area (Å²) in [5, 5.41) is -1.04. The molecule has 0 radical (unpaired) electrons. The first-order valence-corrected chi connectivity index (χ1v) is 5.29. The summed E-state index contributed by atoms with van der Waals surface area (Å²) in [5.41, 5.74) is -1.46. The summed E-state index contributed by atoms with van der Waals surface area (Å²) in [5.74, 6) is -0.00572. The van der Waals surface area contributed by atoms with Gasteiger partial charge in [-0.25, -0.2) is 0 Å². The highest BCUT2D eigenvalue weighted by molar-refractivity contribution is 7.54. The molecule has 0 bridgehead atoms. The van der Waals surface area contributed by atoms with Gasteiger partial charge in [-0.2, -0.15) is 0 Å². The van der Waals surface area contributed by atoms with Crippen LogP contribution < -0.4 is 0 Å². The van der Waals surface area contributed by atoms with Crippen molar-refractivity contribution >= 4 is 36.0 Å². The highest BCUT2D eigenvalue weighted by Crippen LogP contribution is 2.44. The van der Waals surface area contributed by atoms with Gasteiger partial charge in [0.2, 0.25) is 5.24 Å². The molecule has 0 saturated carbocycles. The largest absolute Gasteiger partial charge is 0.337 e. The Kier molecular flexibility index (Phi) is 4.59. The zero-order valence-corrected chi connectivity index (χ0v) is 7.81. The Hall–Kier alpha value is 0.400. The molecule has 0 aromatic carbocycles. The molecule has 66 valence electrons. The maximum Gasteiger partial charge on any atom is 0.337 e. The van der Waals surface area contributed by atoms with Crippen LogP contribution in [0.1, 0.15) is 6.42 Å². The van der Waals surface area contributed by atoms with Crippen LogP contribution in [0.2, 0.25) is 0 Å². The standard InChI is InChI=1S/C4H7Cl2O4P/c5-2-1-3(4(6)7)11(8,9)10/h3H,1-2H2,(H2,8,9,10). The minimum Gasteiger partial charge on any atom is -0.324 e. The third-order valence-electron chi connectivity index (χ3n) is 1.05. The predicted octanol–water partition coefficient (Wildman–Crippen LogP) is 0.927. The molecular weight excluding hydrogens is 214 g/mol. The van der Waals surface area contributed by atoms with Crippen molar-refractivity contribution in [2.45, 2.75) is 12.1 Å². The molecule has 0 aromatic rings. The van der Waals surface area contributed by atoms with Crippen LogP contribution in [-0.2, 0) is 9.36 Å². The fourth-order valence-corrected chi connectivity index (χ4v) is 2.11. The first kappa shape index (κ1) is 11.4. The number of hydrogen-bond donors (Lipinski definition) is 2. The topological polar surface area (TPSA) is 74.6 Å². The Morgan fingerprint density at radius 1 is 1.55 bits per heavy atom. The maximum absolute atomic E-state index is 10.5. The molecular formula is C4H7Cl2O4P. The molecule has 0 spiro atoms. The van der Waals surface area contributed by atoms with Crippen LogP contribution in [0.3, 0.4) is 0 Å². The molecule has 1 atom stereocenters. The van der Waals surface area contributed by atoms with E-state index >= 15 is 0 Å². The summed E-state index contributed by atoms with van der Waals surface area (Å²) in [7, 11) is -4.41. The first-order valence-electron chi connectivity index (χ1n) is 2.70. The Balaban J connectivity index is 4.35. The van der Waals surface area contributed by atoms with E-state index in [1.165, 1.54) is 0 Å². The summed E-state index contributed by atoms with van der Waals surface area (Å²) in [6.45, 7) is 0. The van der Waals surface area contributed by atoms with Crippen molar-refractivity contribution in [2.75, 3.05) is 5.88 Å². The molecule has 0 aromatic heterocycles. The van der Waals surface area contributed by atoms with Gasteiger partial charge in [-0.3, -0.25) is 9.36 Å². The minimum atomic E-state index is -4.41. The Bertz CT molecular complexity index is 189. The van der Waals surface area contributed by atoms with Gasteiger partial charge in [0.05, 0.1) is 0 Å². The zero-order valence-electron chi connectivity index (χ0n) is 5.41. The van der Waals surface area contributed by atoms with E-state index in [1.54, 1.807) is 0 Å². The number of hydrogen-bond acceptors (Lipinski definition) is 2. The molecule has 1 unspecified atom stereocenters. The Labute approximate surface area is 73.7 Å². The molecule has 11 heavy (non-hydrogen) atoms.